The highest BCUT2D eigenvalue weighted by molar-refractivity contribution is 5.75. The third-order valence-electron chi connectivity index (χ3n) is 2.31. The fourth-order valence-electron chi connectivity index (χ4n) is 1.51. The van der Waals surface area contributed by atoms with Gasteiger partial charge in [-0.15, -0.1) is 0 Å². The summed E-state index contributed by atoms with van der Waals surface area (Å²) in [5.41, 5.74) is 1.08. The van der Waals surface area contributed by atoms with Crippen molar-refractivity contribution in [3.8, 4) is 0 Å². The molecule has 2 rings (SSSR count). The van der Waals surface area contributed by atoms with E-state index >= 15 is 0 Å². The molecule has 2 heterocycles. The number of nitrogens with zero attached hydrogens (tertiary/aromatic N) is 3. The Morgan fingerprint density at radius 1 is 1.36 bits per heavy atom. The molecule has 14 heavy (non-hydrogen) atoms. The third kappa shape index (κ3) is 1.77. The molecule has 0 aliphatic heterocycles. The van der Waals surface area contributed by atoms with E-state index < -0.39 is 0 Å². The highest BCUT2D eigenvalue weighted by atomic mass is 15.1. The average Bonchev–Trinajstić information content (AvgIpc) is 2.58. The lowest BCUT2D eigenvalue weighted by molar-refractivity contribution is 0.386. The normalized spacial score (nSPS) is 11.4. The highest BCUT2D eigenvalue weighted by Crippen LogP contribution is 2.11. The molecule has 0 fully saturated rings. The van der Waals surface area contributed by atoms with Gasteiger partial charge in [-0.2, -0.15) is 0 Å². The summed E-state index contributed by atoms with van der Waals surface area (Å²) in [6.07, 6.45) is 3.94. The van der Waals surface area contributed by atoms with Crippen LogP contribution in [0.4, 0.5) is 0 Å². The maximum Gasteiger partial charge on any atom is 0.139 e. The van der Waals surface area contributed by atoms with Gasteiger partial charge in [0.2, 0.25) is 0 Å². The molecule has 0 unspecified atom stereocenters. The predicted octanol–water partition coefficient (Wildman–Crippen LogP) is 1.60. The lowest BCUT2D eigenvalue weighted by Crippen LogP contribution is -2.18. The Kier molecular flexibility index (Phi) is 2.50. The van der Waals surface area contributed by atoms with Crippen molar-refractivity contribution in [2.45, 2.75) is 6.54 Å². The van der Waals surface area contributed by atoms with Gasteiger partial charge in [0.15, 0.2) is 0 Å². The van der Waals surface area contributed by atoms with E-state index in [9.17, 15) is 0 Å². The summed E-state index contributed by atoms with van der Waals surface area (Å²) in [4.78, 5) is 6.54. The lowest BCUT2D eigenvalue weighted by atomic mass is 10.3. The van der Waals surface area contributed by atoms with Crippen LogP contribution in [0.5, 0.6) is 0 Å². The van der Waals surface area contributed by atoms with Crippen LogP contribution in [-0.2, 0) is 6.54 Å². The van der Waals surface area contributed by atoms with Gasteiger partial charge in [-0.3, -0.25) is 0 Å². The van der Waals surface area contributed by atoms with Gasteiger partial charge in [-0.25, -0.2) is 4.98 Å². The van der Waals surface area contributed by atoms with Crippen molar-refractivity contribution >= 4 is 11.0 Å². The van der Waals surface area contributed by atoms with Gasteiger partial charge in [-0.05, 0) is 32.3 Å². The van der Waals surface area contributed by atoms with Crippen LogP contribution < -0.4 is 0 Å². The lowest BCUT2D eigenvalue weighted by Gasteiger charge is -2.10. The van der Waals surface area contributed by atoms with Crippen molar-refractivity contribution in [2.75, 3.05) is 20.6 Å². The second-order valence-corrected chi connectivity index (χ2v) is 3.73. The van der Waals surface area contributed by atoms with Crippen molar-refractivity contribution in [3.63, 3.8) is 0 Å². The first-order valence-electron chi connectivity index (χ1n) is 4.82. The quantitative estimate of drug-likeness (QED) is 0.731. The Labute approximate surface area is 84.0 Å². The predicted molar refractivity (Wildman–Crippen MR) is 58.3 cm³/mol. The SMILES string of the molecule is CN(C)CCn1ccc2cccnc21. The number of hydrogen-bond acceptors (Lipinski definition) is 2. The van der Waals surface area contributed by atoms with Crippen LogP contribution in [0.2, 0.25) is 0 Å². The molecule has 0 amide bonds. The molecular formula is C11H15N3. The minimum Gasteiger partial charge on any atom is -0.331 e. The number of hydrogen-bond donors (Lipinski definition) is 0. The van der Waals surface area contributed by atoms with E-state index in [1.165, 1.54) is 5.39 Å². The van der Waals surface area contributed by atoms with Gasteiger partial charge < -0.3 is 9.47 Å². The zero-order valence-electron chi connectivity index (χ0n) is 8.64. The molecule has 0 N–H and O–H groups in total. The molecule has 0 aliphatic carbocycles. The Balaban J connectivity index is 2.25. The molecule has 3 nitrogen and oxygen atoms in total. The Hall–Kier alpha value is -1.35. The van der Waals surface area contributed by atoms with E-state index in [4.69, 9.17) is 0 Å². The zero-order valence-corrected chi connectivity index (χ0v) is 8.64. The summed E-state index contributed by atoms with van der Waals surface area (Å²) >= 11 is 0. The molecular weight excluding hydrogens is 174 g/mol. The molecule has 0 saturated carbocycles. The largest absolute Gasteiger partial charge is 0.331 e. The summed E-state index contributed by atoms with van der Waals surface area (Å²) in [5, 5.41) is 1.21. The average molecular weight is 189 g/mol. The minimum atomic E-state index is 0.994. The smallest absolute Gasteiger partial charge is 0.139 e. The van der Waals surface area contributed by atoms with Crippen molar-refractivity contribution in [1.29, 1.82) is 0 Å². The van der Waals surface area contributed by atoms with Crippen LogP contribution in [0.1, 0.15) is 0 Å². The van der Waals surface area contributed by atoms with Gasteiger partial charge in [0.05, 0.1) is 0 Å². The van der Waals surface area contributed by atoms with Gasteiger partial charge in [0.25, 0.3) is 0 Å². The molecule has 0 saturated heterocycles. The first kappa shape index (κ1) is 9.21. The summed E-state index contributed by atoms with van der Waals surface area (Å²) in [6.45, 7) is 2.04. The van der Waals surface area contributed by atoms with Crippen molar-refractivity contribution in [2.24, 2.45) is 0 Å². The summed E-state index contributed by atoms with van der Waals surface area (Å²) in [5.74, 6) is 0. The number of pyridine rings is 1. The van der Waals surface area contributed by atoms with Crippen LogP contribution >= 0.6 is 0 Å². The first-order chi connectivity index (χ1) is 6.77. The molecule has 0 aromatic carbocycles. The Morgan fingerprint density at radius 2 is 2.21 bits per heavy atom. The molecule has 2 aromatic rings. The van der Waals surface area contributed by atoms with Gasteiger partial charge in [0.1, 0.15) is 5.65 Å². The van der Waals surface area contributed by atoms with E-state index in [1.54, 1.807) is 0 Å². The Morgan fingerprint density at radius 3 is 3.00 bits per heavy atom. The second-order valence-electron chi connectivity index (χ2n) is 3.73. The van der Waals surface area contributed by atoms with E-state index in [1.807, 2.05) is 12.3 Å². The van der Waals surface area contributed by atoms with Crippen molar-refractivity contribution in [3.05, 3.63) is 30.6 Å². The van der Waals surface area contributed by atoms with Crippen LogP contribution in [-0.4, -0.2) is 35.1 Å². The van der Waals surface area contributed by atoms with E-state index in [0.29, 0.717) is 0 Å². The fourth-order valence-corrected chi connectivity index (χ4v) is 1.51. The molecule has 0 bridgehead atoms. The van der Waals surface area contributed by atoms with Crippen molar-refractivity contribution in [1.82, 2.24) is 14.5 Å². The van der Waals surface area contributed by atoms with Crippen LogP contribution in [0.15, 0.2) is 30.6 Å². The van der Waals surface area contributed by atoms with Gasteiger partial charge >= 0.3 is 0 Å². The monoisotopic (exact) mass is 189 g/mol. The second kappa shape index (κ2) is 3.80. The molecule has 2 aromatic heterocycles. The Bertz CT molecular complexity index is 417. The van der Waals surface area contributed by atoms with Crippen LogP contribution in [0.3, 0.4) is 0 Å². The maximum absolute atomic E-state index is 4.36. The summed E-state index contributed by atoms with van der Waals surface area (Å²) in [6, 6.07) is 6.17. The number of fused-ring (bicyclic) bond motifs is 1. The number of likely N-dealkylation sites (N-methyl/N-ethyl adjacent to an activating group) is 1. The number of rotatable bonds is 3. The summed E-state index contributed by atoms with van der Waals surface area (Å²) < 4.78 is 2.19. The third-order valence-corrected chi connectivity index (χ3v) is 2.31. The van der Waals surface area contributed by atoms with Gasteiger partial charge in [0, 0.05) is 30.9 Å². The molecule has 0 aliphatic rings. The topological polar surface area (TPSA) is 21.1 Å². The molecule has 0 radical (unpaired) electrons. The van der Waals surface area contributed by atoms with E-state index in [-0.39, 0.29) is 0 Å². The first-order valence-corrected chi connectivity index (χ1v) is 4.82. The van der Waals surface area contributed by atoms with Crippen molar-refractivity contribution < 1.29 is 0 Å². The minimum absolute atomic E-state index is 0.994. The molecule has 0 atom stereocenters. The highest BCUT2D eigenvalue weighted by Gasteiger charge is 2.00. The van der Waals surface area contributed by atoms with Crippen LogP contribution in [0, 0.1) is 0 Å². The summed E-state index contributed by atoms with van der Waals surface area (Å²) in [7, 11) is 4.16. The van der Waals surface area contributed by atoms with Crippen LogP contribution in [0.25, 0.3) is 11.0 Å². The molecule has 74 valence electrons. The van der Waals surface area contributed by atoms with Gasteiger partial charge in [-0.1, -0.05) is 0 Å². The number of aromatic nitrogens is 2. The zero-order chi connectivity index (χ0) is 9.97. The maximum atomic E-state index is 4.36. The van der Waals surface area contributed by atoms with E-state index in [2.05, 4.69) is 46.9 Å². The van der Waals surface area contributed by atoms with E-state index in [0.717, 1.165) is 18.7 Å². The fraction of sp³-hybridized carbons (Fsp3) is 0.364. The standard InChI is InChI=1S/C11H15N3/c1-13(2)8-9-14-7-5-10-4-3-6-12-11(10)14/h3-7H,8-9H2,1-2H3. The molecule has 0 spiro atoms. The molecule has 3 heteroatoms.